The zero-order valence-electron chi connectivity index (χ0n) is 16.2. The zero-order chi connectivity index (χ0) is 20.1. The van der Waals surface area contributed by atoms with E-state index < -0.39 is 11.6 Å². The lowest BCUT2D eigenvalue weighted by Gasteiger charge is -2.33. The van der Waals surface area contributed by atoms with Crippen molar-refractivity contribution in [3.05, 3.63) is 40.8 Å². The molecule has 0 saturated heterocycles. The van der Waals surface area contributed by atoms with Crippen molar-refractivity contribution < 1.29 is 23.5 Å². The molecule has 7 heteroatoms. The van der Waals surface area contributed by atoms with E-state index in [1.54, 1.807) is 30.1 Å². The smallest absolute Gasteiger partial charge is 0.344 e. The van der Waals surface area contributed by atoms with E-state index in [1.807, 2.05) is 0 Å². The molecule has 0 bridgehead atoms. The van der Waals surface area contributed by atoms with Crippen LogP contribution in [0.1, 0.15) is 32.6 Å². The summed E-state index contributed by atoms with van der Waals surface area (Å²) in [6, 6.07) is 8.12. The molecule has 0 atom stereocenters. The first-order chi connectivity index (χ1) is 13.4. The quantitative estimate of drug-likeness (QED) is 0.560. The average molecular weight is 387 g/mol. The van der Waals surface area contributed by atoms with Crippen molar-refractivity contribution in [1.29, 1.82) is 0 Å². The van der Waals surface area contributed by atoms with Crippen LogP contribution in [0.3, 0.4) is 0 Å². The molecule has 1 aromatic carbocycles. The van der Waals surface area contributed by atoms with Gasteiger partial charge in [0.1, 0.15) is 11.3 Å². The third kappa shape index (κ3) is 5.12. The molecule has 0 aliphatic heterocycles. The van der Waals surface area contributed by atoms with Gasteiger partial charge in [-0.1, -0.05) is 6.92 Å². The summed E-state index contributed by atoms with van der Waals surface area (Å²) >= 11 is 0. The molecule has 1 aromatic heterocycles. The van der Waals surface area contributed by atoms with Crippen molar-refractivity contribution in [1.82, 2.24) is 4.90 Å². The summed E-state index contributed by atoms with van der Waals surface area (Å²) in [5, 5.41) is 0.750. The number of amides is 1. The highest BCUT2D eigenvalue weighted by molar-refractivity contribution is 5.81. The van der Waals surface area contributed by atoms with Crippen molar-refractivity contribution >= 4 is 22.8 Å². The standard InChI is InChI=1S/C21H25NO6/c1-14-3-7-16(8-4-14)22(2)19(23)12-27-21(25)13-26-17-9-5-15-6-10-20(24)28-18(15)11-17/h5-6,9-11,14,16H,3-4,7-8,12-13H2,1-2H3. The van der Waals surface area contributed by atoms with Gasteiger partial charge in [-0.05, 0) is 49.8 Å². The highest BCUT2D eigenvalue weighted by Gasteiger charge is 2.25. The molecule has 0 unspecified atom stereocenters. The Labute approximate surface area is 163 Å². The minimum Gasteiger partial charge on any atom is -0.482 e. The fourth-order valence-electron chi connectivity index (χ4n) is 3.39. The summed E-state index contributed by atoms with van der Waals surface area (Å²) in [4.78, 5) is 37.1. The van der Waals surface area contributed by atoms with E-state index in [1.165, 1.54) is 12.1 Å². The third-order valence-electron chi connectivity index (χ3n) is 5.23. The molecule has 150 valence electrons. The first-order valence-electron chi connectivity index (χ1n) is 9.50. The lowest BCUT2D eigenvalue weighted by molar-refractivity contribution is -0.154. The van der Waals surface area contributed by atoms with E-state index in [4.69, 9.17) is 13.9 Å². The van der Waals surface area contributed by atoms with E-state index in [0.29, 0.717) is 17.3 Å². The molecule has 0 spiro atoms. The summed E-state index contributed by atoms with van der Waals surface area (Å²) in [6.07, 6.45) is 4.20. The van der Waals surface area contributed by atoms with Crippen LogP contribution in [0.2, 0.25) is 0 Å². The highest BCUT2D eigenvalue weighted by atomic mass is 16.6. The first kappa shape index (κ1) is 19.9. The topological polar surface area (TPSA) is 86.0 Å². The average Bonchev–Trinajstić information content (AvgIpc) is 2.70. The van der Waals surface area contributed by atoms with Gasteiger partial charge in [0.15, 0.2) is 13.2 Å². The van der Waals surface area contributed by atoms with E-state index in [2.05, 4.69) is 6.92 Å². The number of carbonyl (C=O) groups is 2. The minimum atomic E-state index is -0.631. The fraction of sp³-hybridized carbons (Fsp3) is 0.476. The Balaban J connectivity index is 1.45. The van der Waals surface area contributed by atoms with Crippen LogP contribution in [0.5, 0.6) is 5.75 Å². The molecule has 1 amide bonds. The van der Waals surface area contributed by atoms with Crippen LogP contribution in [-0.4, -0.2) is 43.1 Å². The molecule has 1 saturated carbocycles. The second-order valence-electron chi connectivity index (χ2n) is 7.32. The molecule has 7 nitrogen and oxygen atoms in total. The number of hydrogen-bond donors (Lipinski definition) is 0. The second-order valence-corrected chi connectivity index (χ2v) is 7.32. The Morgan fingerprint density at radius 1 is 1.11 bits per heavy atom. The lowest BCUT2D eigenvalue weighted by atomic mass is 9.87. The van der Waals surface area contributed by atoms with Gasteiger partial charge < -0.3 is 18.8 Å². The maximum Gasteiger partial charge on any atom is 0.344 e. The monoisotopic (exact) mass is 387 g/mol. The van der Waals surface area contributed by atoms with E-state index in [9.17, 15) is 14.4 Å². The Morgan fingerprint density at radius 3 is 2.57 bits per heavy atom. The number of esters is 1. The fourth-order valence-corrected chi connectivity index (χ4v) is 3.39. The Kier molecular flexibility index (Phi) is 6.34. The van der Waals surface area contributed by atoms with E-state index >= 15 is 0 Å². The van der Waals surface area contributed by atoms with Crippen LogP contribution in [0.25, 0.3) is 11.0 Å². The molecule has 0 N–H and O–H groups in total. The number of likely N-dealkylation sites (N-methyl/N-ethyl adjacent to an activating group) is 1. The van der Waals surface area contributed by atoms with Crippen molar-refractivity contribution in [2.75, 3.05) is 20.3 Å². The SMILES string of the molecule is CC1CCC(N(C)C(=O)COC(=O)COc2ccc3ccc(=O)oc3c2)CC1. The van der Waals surface area contributed by atoms with Gasteiger partial charge in [0.25, 0.3) is 5.91 Å². The van der Waals surface area contributed by atoms with Crippen molar-refractivity contribution in [3.8, 4) is 5.75 Å². The Hall–Kier alpha value is -2.83. The van der Waals surface area contributed by atoms with Crippen LogP contribution in [0, 0.1) is 5.92 Å². The third-order valence-corrected chi connectivity index (χ3v) is 5.23. The molecular formula is C21H25NO6. The summed E-state index contributed by atoms with van der Waals surface area (Å²) in [7, 11) is 1.76. The molecule has 0 radical (unpaired) electrons. The molecule has 1 aliphatic rings. The lowest BCUT2D eigenvalue weighted by Crippen LogP contribution is -2.41. The molecule has 28 heavy (non-hydrogen) atoms. The molecule has 1 aliphatic carbocycles. The molecule has 3 rings (SSSR count). The normalized spacial score (nSPS) is 19.2. The van der Waals surface area contributed by atoms with E-state index in [-0.39, 0.29) is 25.2 Å². The first-order valence-corrected chi connectivity index (χ1v) is 9.50. The van der Waals surface area contributed by atoms with Gasteiger partial charge in [0.2, 0.25) is 0 Å². The number of fused-ring (bicyclic) bond motifs is 1. The number of nitrogens with zero attached hydrogens (tertiary/aromatic N) is 1. The summed E-state index contributed by atoms with van der Waals surface area (Å²) in [5.41, 5.74) is -0.0870. The maximum absolute atomic E-state index is 12.2. The van der Waals surface area contributed by atoms with Gasteiger partial charge in [-0.3, -0.25) is 4.79 Å². The summed E-state index contributed by atoms with van der Waals surface area (Å²) in [6.45, 7) is 1.60. The van der Waals surface area contributed by atoms with Crippen LogP contribution in [-0.2, 0) is 14.3 Å². The van der Waals surface area contributed by atoms with Gasteiger partial charge in [0, 0.05) is 30.6 Å². The van der Waals surface area contributed by atoms with Crippen LogP contribution in [0.15, 0.2) is 39.5 Å². The Morgan fingerprint density at radius 2 is 1.82 bits per heavy atom. The van der Waals surface area contributed by atoms with Crippen molar-refractivity contribution in [2.24, 2.45) is 5.92 Å². The summed E-state index contributed by atoms with van der Waals surface area (Å²) in [5.74, 6) is 0.241. The zero-order valence-corrected chi connectivity index (χ0v) is 16.2. The van der Waals surface area contributed by atoms with Crippen LogP contribution < -0.4 is 10.4 Å². The van der Waals surface area contributed by atoms with Gasteiger partial charge in [-0.25, -0.2) is 9.59 Å². The molecular weight excluding hydrogens is 362 g/mol. The molecule has 1 fully saturated rings. The van der Waals surface area contributed by atoms with Gasteiger partial charge in [-0.2, -0.15) is 0 Å². The second kappa shape index (κ2) is 8.91. The number of benzene rings is 1. The number of hydrogen-bond acceptors (Lipinski definition) is 6. The molecule has 1 heterocycles. The molecule has 2 aromatic rings. The predicted octanol–water partition coefficient (Wildman–Crippen LogP) is 2.75. The largest absolute Gasteiger partial charge is 0.482 e. The van der Waals surface area contributed by atoms with Crippen molar-refractivity contribution in [3.63, 3.8) is 0 Å². The number of carbonyl (C=O) groups excluding carboxylic acids is 2. The minimum absolute atomic E-state index is 0.208. The van der Waals surface area contributed by atoms with Gasteiger partial charge in [-0.15, -0.1) is 0 Å². The van der Waals surface area contributed by atoms with Gasteiger partial charge in [0.05, 0.1) is 0 Å². The summed E-state index contributed by atoms with van der Waals surface area (Å²) < 4.78 is 15.5. The predicted molar refractivity (Wildman–Crippen MR) is 103 cm³/mol. The highest BCUT2D eigenvalue weighted by Crippen LogP contribution is 2.26. The maximum atomic E-state index is 12.2. The number of ether oxygens (including phenoxy) is 2. The van der Waals surface area contributed by atoms with Crippen molar-refractivity contribution in [2.45, 2.75) is 38.6 Å². The van der Waals surface area contributed by atoms with Crippen LogP contribution >= 0.6 is 0 Å². The van der Waals surface area contributed by atoms with E-state index in [0.717, 1.165) is 31.1 Å². The van der Waals surface area contributed by atoms with Gasteiger partial charge >= 0.3 is 11.6 Å². The number of rotatable bonds is 6. The van der Waals surface area contributed by atoms with Crippen LogP contribution in [0.4, 0.5) is 0 Å². The Bertz CT molecular complexity index is 897.